The quantitative estimate of drug-likeness (QED) is 0.386. The number of phenols is 1. The number of carbonyl (C=O) groups is 1. The molecule has 3 aromatic rings. The fraction of sp³-hybridized carbons (Fsp3) is 0.100. The van der Waals surface area contributed by atoms with Gasteiger partial charge in [0, 0.05) is 17.2 Å². The fourth-order valence-corrected chi connectivity index (χ4v) is 2.74. The highest BCUT2D eigenvalue weighted by Gasteiger charge is 2.19. The molecule has 0 saturated heterocycles. The molecule has 2 N–H and O–H groups in total. The summed E-state index contributed by atoms with van der Waals surface area (Å²) in [5, 5.41) is 26.6. The Balaban J connectivity index is 1.84. The number of carbonyl (C=O) groups excluding carboxylic acids is 1. The van der Waals surface area contributed by atoms with E-state index < -0.39 is 22.3 Å². The summed E-state index contributed by atoms with van der Waals surface area (Å²) in [7, 11) is 0. The van der Waals surface area contributed by atoms with Crippen LogP contribution in [-0.2, 0) is 0 Å². The summed E-state index contributed by atoms with van der Waals surface area (Å²) in [6.45, 7) is 1.92. The molecule has 0 radical (unpaired) electrons. The largest absolute Gasteiger partial charge is 0.500 e. The highest BCUT2D eigenvalue weighted by molar-refractivity contribution is 6.07. The van der Waals surface area contributed by atoms with Crippen molar-refractivity contribution in [2.45, 2.75) is 6.92 Å². The molecular weight excluding hydrogens is 362 g/mol. The maximum Gasteiger partial charge on any atom is 0.315 e. The third kappa shape index (κ3) is 3.90. The zero-order chi connectivity index (χ0) is 20.1. The molecule has 0 heterocycles. The summed E-state index contributed by atoms with van der Waals surface area (Å²) in [4.78, 5) is 22.8. The number of nitrogens with zero attached hydrogens (tertiary/aromatic N) is 2. The summed E-state index contributed by atoms with van der Waals surface area (Å²) in [6.07, 6.45) is 1.25. The van der Waals surface area contributed by atoms with E-state index in [4.69, 9.17) is 4.74 Å². The number of fused-ring (bicyclic) bond motifs is 1. The summed E-state index contributed by atoms with van der Waals surface area (Å²) >= 11 is 0. The highest BCUT2D eigenvalue weighted by atomic mass is 16.6. The summed E-state index contributed by atoms with van der Waals surface area (Å²) in [6, 6.07) is 15.4. The van der Waals surface area contributed by atoms with Crippen LogP contribution in [0.25, 0.3) is 10.8 Å². The second-order valence-corrected chi connectivity index (χ2v) is 5.80. The highest BCUT2D eigenvalue weighted by Crippen LogP contribution is 2.36. The number of hydrogen-bond acceptors (Lipinski definition) is 6. The van der Waals surface area contributed by atoms with Gasteiger partial charge in [-0.05, 0) is 29.8 Å². The second kappa shape index (κ2) is 8.17. The van der Waals surface area contributed by atoms with Gasteiger partial charge in [0.15, 0.2) is 5.75 Å². The van der Waals surface area contributed by atoms with Gasteiger partial charge in [-0.2, -0.15) is 5.10 Å². The molecule has 0 aliphatic heterocycles. The predicted octanol–water partition coefficient (Wildman–Crippen LogP) is 3.62. The molecule has 28 heavy (non-hydrogen) atoms. The Labute approximate surface area is 160 Å². The van der Waals surface area contributed by atoms with E-state index in [0.29, 0.717) is 11.1 Å². The third-order valence-electron chi connectivity index (χ3n) is 3.99. The summed E-state index contributed by atoms with van der Waals surface area (Å²) < 4.78 is 5.21. The zero-order valence-corrected chi connectivity index (χ0v) is 15.0. The van der Waals surface area contributed by atoms with Crippen LogP contribution in [0.5, 0.6) is 11.5 Å². The number of amides is 1. The molecule has 0 aromatic heterocycles. The van der Waals surface area contributed by atoms with Gasteiger partial charge in [-0.15, -0.1) is 0 Å². The Bertz CT molecular complexity index is 1070. The van der Waals surface area contributed by atoms with Crippen molar-refractivity contribution in [2.75, 3.05) is 6.61 Å². The molecule has 0 aliphatic rings. The van der Waals surface area contributed by atoms with Crippen LogP contribution in [0.2, 0.25) is 0 Å². The van der Waals surface area contributed by atoms with Crippen molar-refractivity contribution in [1.82, 2.24) is 5.43 Å². The Hall–Kier alpha value is -3.94. The first-order valence-electron chi connectivity index (χ1n) is 8.46. The predicted molar refractivity (Wildman–Crippen MR) is 105 cm³/mol. The smallest absolute Gasteiger partial charge is 0.315 e. The average molecular weight is 379 g/mol. The number of benzene rings is 3. The first-order chi connectivity index (χ1) is 13.5. The maximum absolute atomic E-state index is 12.4. The van der Waals surface area contributed by atoms with Crippen molar-refractivity contribution in [2.24, 2.45) is 5.10 Å². The van der Waals surface area contributed by atoms with E-state index in [1.54, 1.807) is 19.1 Å². The van der Waals surface area contributed by atoms with Gasteiger partial charge < -0.3 is 9.84 Å². The van der Waals surface area contributed by atoms with Crippen LogP contribution in [-0.4, -0.2) is 28.8 Å². The molecule has 0 unspecified atom stereocenters. The van der Waals surface area contributed by atoms with Crippen molar-refractivity contribution < 1.29 is 19.6 Å². The molecular formula is C20H17N3O5. The molecule has 0 fully saturated rings. The van der Waals surface area contributed by atoms with E-state index in [2.05, 4.69) is 10.5 Å². The van der Waals surface area contributed by atoms with E-state index in [1.807, 2.05) is 30.3 Å². The molecule has 8 heteroatoms. The molecule has 0 aliphatic carbocycles. The van der Waals surface area contributed by atoms with Gasteiger partial charge in [0.1, 0.15) is 0 Å². The Kier molecular flexibility index (Phi) is 5.50. The third-order valence-corrected chi connectivity index (χ3v) is 3.99. The van der Waals surface area contributed by atoms with Crippen LogP contribution in [0.3, 0.4) is 0 Å². The summed E-state index contributed by atoms with van der Waals surface area (Å²) in [5.41, 5.74) is 2.66. The second-order valence-electron chi connectivity index (χ2n) is 5.80. The Morgan fingerprint density at radius 1 is 1.25 bits per heavy atom. The first kappa shape index (κ1) is 18.8. The van der Waals surface area contributed by atoms with Crippen LogP contribution in [0, 0.1) is 10.1 Å². The van der Waals surface area contributed by atoms with Gasteiger partial charge in [-0.25, -0.2) is 5.43 Å². The molecule has 142 valence electrons. The first-order valence-corrected chi connectivity index (χ1v) is 8.46. The summed E-state index contributed by atoms with van der Waals surface area (Å²) in [5.74, 6) is -0.992. The number of phenolic OH excluding ortho intramolecular Hbond substituents is 1. The van der Waals surface area contributed by atoms with Gasteiger partial charge in [-0.3, -0.25) is 14.9 Å². The molecule has 3 rings (SSSR count). The number of hydrazone groups is 1. The van der Waals surface area contributed by atoms with Crippen molar-refractivity contribution in [3.05, 3.63) is 75.8 Å². The van der Waals surface area contributed by atoms with Crippen molar-refractivity contribution in [3.63, 3.8) is 0 Å². The number of nitro benzene ring substituents is 1. The topological polar surface area (TPSA) is 114 Å². The van der Waals surface area contributed by atoms with Crippen LogP contribution >= 0.6 is 0 Å². The van der Waals surface area contributed by atoms with Gasteiger partial charge in [0.25, 0.3) is 5.91 Å². The molecule has 8 nitrogen and oxygen atoms in total. The van der Waals surface area contributed by atoms with E-state index in [9.17, 15) is 20.0 Å². The standard InChI is InChI=1S/C20H17N3O5/c1-2-28-18-11-13(10-17(19(18)24)23(26)27)12-21-22-20(25)16-9-5-7-14-6-3-4-8-15(14)16/h3-12,24H,2H2,1H3,(H,22,25)/b21-12-. The fourth-order valence-electron chi connectivity index (χ4n) is 2.74. The molecule has 1 amide bonds. The molecule has 0 saturated carbocycles. The van der Waals surface area contributed by atoms with Crippen LogP contribution in [0.1, 0.15) is 22.8 Å². The van der Waals surface area contributed by atoms with Crippen LogP contribution in [0.15, 0.2) is 59.7 Å². The lowest BCUT2D eigenvalue weighted by Gasteiger charge is -2.07. The SMILES string of the molecule is CCOc1cc(/C=N\NC(=O)c2cccc3ccccc23)cc([N+](=O)[O-])c1O. The number of hydrogen-bond donors (Lipinski definition) is 2. The molecule has 0 bridgehead atoms. The van der Waals surface area contributed by atoms with Crippen LogP contribution in [0.4, 0.5) is 5.69 Å². The van der Waals surface area contributed by atoms with E-state index in [-0.39, 0.29) is 12.4 Å². The van der Waals surface area contributed by atoms with Gasteiger partial charge in [-0.1, -0.05) is 36.4 Å². The van der Waals surface area contributed by atoms with Gasteiger partial charge >= 0.3 is 5.69 Å². The zero-order valence-electron chi connectivity index (χ0n) is 15.0. The molecule has 3 aromatic carbocycles. The van der Waals surface area contributed by atoms with Gasteiger partial charge in [0.2, 0.25) is 5.75 Å². The molecule has 0 atom stereocenters. The van der Waals surface area contributed by atoms with Crippen molar-refractivity contribution in [1.29, 1.82) is 0 Å². The normalized spacial score (nSPS) is 10.9. The lowest BCUT2D eigenvalue weighted by molar-refractivity contribution is -0.386. The lowest BCUT2D eigenvalue weighted by atomic mass is 10.0. The number of ether oxygens (including phenoxy) is 1. The van der Waals surface area contributed by atoms with E-state index in [1.165, 1.54) is 12.3 Å². The minimum absolute atomic E-state index is 0.0291. The van der Waals surface area contributed by atoms with E-state index >= 15 is 0 Å². The minimum Gasteiger partial charge on any atom is -0.500 e. The molecule has 0 spiro atoms. The Morgan fingerprint density at radius 3 is 2.75 bits per heavy atom. The average Bonchev–Trinajstić information content (AvgIpc) is 2.69. The van der Waals surface area contributed by atoms with Crippen LogP contribution < -0.4 is 10.2 Å². The lowest BCUT2D eigenvalue weighted by Crippen LogP contribution is -2.17. The van der Waals surface area contributed by atoms with Crippen molar-refractivity contribution >= 4 is 28.6 Å². The number of rotatable bonds is 6. The number of aromatic hydroxyl groups is 1. The Morgan fingerprint density at radius 2 is 2.00 bits per heavy atom. The maximum atomic E-state index is 12.4. The minimum atomic E-state index is -0.718. The number of nitro groups is 1. The number of nitrogens with one attached hydrogen (secondary N) is 1. The van der Waals surface area contributed by atoms with Gasteiger partial charge in [0.05, 0.1) is 17.7 Å². The van der Waals surface area contributed by atoms with Crippen molar-refractivity contribution in [3.8, 4) is 11.5 Å². The van der Waals surface area contributed by atoms with E-state index in [0.717, 1.165) is 16.8 Å². The monoisotopic (exact) mass is 379 g/mol.